The molecule has 0 fully saturated rings. The zero-order valence-corrected chi connectivity index (χ0v) is 13.0. The van der Waals surface area contributed by atoms with Crippen LogP contribution in [0.4, 0.5) is 0 Å². The summed E-state index contributed by atoms with van der Waals surface area (Å²) in [5, 5.41) is 4.92. The van der Waals surface area contributed by atoms with Gasteiger partial charge in [0.15, 0.2) is 5.76 Å². The van der Waals surface area contributed by atoms with Crippen molar-refractivity contribution in [3.05, 3.63) is 50.9 Å². The first-order chi connectivity index (χ1) is 9.08. The maximum atomic E-state index is 12.4. The Bertz CT molecular complexity index is 770. The van der Waals surface area contributed by atoms with Crippen molar-refractivity contribution in [3.8, 4) is 0 Å². The van der Waals surface area contributed by atoms with Gasteiger partial charge in [0.25, 0.3) is 0 Å². The molecule has 1 aromatic carbocycles. The van der Waals surface area contributed by atoms with Gasteiger partial charge >= 0.3 is 0 Å². The molecule has 0 aliphatic rings. The van der Waals surface area contributed by atoms with Crippen molar-refractivity contribution in [2.75, 3.05) is 0 Å². The summed E-state index contributed by atoms with van der Waals surface area (Å²) < 4.78 is 8.64. The summed E-state index contributed by atoms with van der Waals surface area (Å²) in [7, 11) is 1.72. The number of fused-ring (bicyclic) bond motifs is 1. The van der Waals surface area contributed by atoms with Crippen LogP contribution in [-0.4, -0.2) is 15.6 Å². The third kappa shape index (κ3) is 2.04. The summed E-state index contributed by atoms with van der Waals surface area (Å²) in [4.78, 5) is 12.4. The average molecular weight is 384 g/mol. The van der Waals surface area contributed by atoms with Crippen molar-refractivity contribution in [3.63, 3.8) is 0 Å². The molecule has 96 valence electrons. The van der Waals surface area contributed by atoms with Gasteiger partial charge in [-0.2, -0.15) is 5.10 Å². The van der Waals surface area contributed by atoms with E-state index in [0.717, 1.165) is 9.86 Å². The minimum absolute atomic E-state index is 0.199. The molecule has 0 saturated heterocycles. The van der Waals surface area contributed by atoms with Crippen LogP contribution in [0.3, 0.4) is 0 Å². The van der Waals surface area contributed by atoms with Crippen molar-refractivity contribution < 1.29 is 9.21 Å². The summed E-state index contributed by atoms with van der Waals surface area (Å²) in [6.45, 7) is 0. The van der Waals surface area contributed by atoms with Crippen LogP contribution in [0, 0.1) is 0 Å². The highest BCUT2D eigenvalue weighted by atomic mass is 79.9. The van der Waals surface area contributed by atoms with Gasteiger partial charge in [-0.15, -0.1) is 0 Å². The number of aryl methyl sites for hydroxylation is 1. The van der Waals surface area contributed by atoms with Crippen LogP contribution < -0.4 is 0 Å². The molecular formula is C13H8Br2N2O2. The van der Waals surface area contributed by atoms with Gasteiger partial charge in [0, 0.05) is 12.4 Å². The third-order valence-electron chi connectivity index (χ3n) is 2.83. The Morgan fingerprint density at radius 2 is 2.11 bits per heavy atom. The summed E-state index contributed by atoms with van der Waals surface area (Å²) in [6, 6.07) is 7.41. The standard InChI is InChI=1S/C13H8Br2N2O2/c1-17-11(9(15)6-16-17)12(18)10-5-7-3-2-4-8(14)13(7)19-10/h2-6H,1H3. The monoisotopic (exact) mass is 382 g/mol. The molecule has 0 saturated carbocycles. The van der Waals surface area contributed by atoms with E-state index >= 15 is 0 Å². The zero-order valence-electron chi connectivity index (χ0n) is 9.85. The smallest absolute Gasteiger partial charge is 0.247 e. The molecule has 0 N–H and O–H groups in total. The van der Waals surface area contributed by atoms with E-state index in [1.165, 1.54) is 4.68 Å². The molecule has 3 aromatic rings. The lowest BCUT2D eigenvalue weighted by Gasteiger charge is -1.98. The van der Waals surface area contributed by atoms with E-state index in [4.69, 9.17) is 4.42 Å². The molecule has 0 atom stereocenters. The number of hydrogen-bond acceptors (Lipinski definition) is 3. The Morgan fingerprint density at radius 1 is 1.32 bits per heavy atom. The fourth-order valence-corrected chi connectivity index (χ4v) is 2.91. The number of furan rings is 1. The first-order valence-corrected chi connectivity index (χ1v) is 7.07. The lowest BCUT2D eigenvalue weighted by atomic mass is 10.2. The van der Waals surface area contributed by atoms with Crippen molar-refractivity contribution in [1.29, 1.82) is 0 Å². The number of nitrogens with zero attached hydrogens (tertiary/aromatic N) is 2. The normalized spacial score (nSPS) is 11.1. The van der Waals surface area contributed by atoms with Crippen molar-refractivity contribution >= 4 is 48.6 Å². The summed E-state index contributed by atoms with van der Waals surface area (Å²) in [6.07, 6.45) is 1.59. The topological polar surface area (TPSA) is 48.0 Å². The quantitative estimate of drug-likeness (QED) is 0.630. The molecule has 0 spiro atoms. The fourth-order valence-electron chi connectivity index (χ4n) is 1.92. The van der Waals surface area contributed by atoms with Crippen LogP contribution in [0.1, 0.15) is 16.2 Å². The van der Waals surface area contributed by atoms with Crippen molar-refractivity contribution in [2.45, 2.75) is 0 Å². The first kappa shape index (κ1) is 12.6. The predicted molar refractivity (Wildman–Crippen MR) is 78.3 cm³/mol. The molecule has 19 heavy (non-hydrogen) atoms. The minimum atomic E-state index is -0.199. The minimum Gasteiger partial charge on any atom is -0.451 e. The van der Waals surface area contributed by atoms with Crippen molar-refractivity contribution in [2.24, 2.45) is 7.05 Å². The largest absolute Gasteiger partial charge is 0.451 e. The van der Waals surface area contributed by atoms with Gasteiger partial charge in [0.1, 0.15) is 11.3 Å². The number of ketones is 1. The maximum Gasteiger partial charge on any atom is 0.247 e. The van der Waals surface area contributed by atoms with Crippen LogP contribution in [0.5, 0.6) is 0 Å². The number of hydrogen-bond donors (Lipinski definition) is 0. The van der Waals surface area contributed by atoms with Crippen LogP contribution >= 0.6 is 31.9 Å². The van der Waals surface area contributed by atoms with E-state index < -0.39 is 0 Å². The summed E-state index contributed by atoms with van der Waals surface area (Å²) >= 11 is 6.72. The maximum absolute atomic E-state index is 12.4. The SMILES string of the molecule is Cn1ncc(Br)c1C(=O)c1cc2cccc(Br)c2o1. The molecule has 3 rings (SSSR count). The highest BCUT2D eigenvalue weighted by Gasteiger charge is 2.21. The number of halogens is 2. The molecular weight excluding hydrogens is 376 g/mol. The number of benzene rings is 1. The third-order valence-corrected chi connectivity index (χ3v) is 4.03. The number of rotatable bonds is 2. The van der Waals surface area contributed by atoms with Gasteiger partial charge in [-0.1, -0.05) is 12.1 Å². The van der Waals surface area contributed by atoms with Gasteiger partial charge in [-0.25, -0.2) is 0 Å². The van der Waals surface area contributed by atoms with Crippen LogP contribution in [0.2, 0.25) is 0 Å². The van der Waals surface area contributed by atoms with E-state index in [0.29, 0.717) is 21.5 Å². The molecule has 0 aliphatic heterocycles. The Balaban J connectivity index is 2.15. The Kier molecular flexibility index (Phi) is 3.06. The second kappa shape index (κ2) is 4.61. The second-order valence-corrected chi connectivity index (χ2v) is 5.77. The Morgan fingerprint density at radius 3 is 2.74 bits per heavy atom. The molecule has 4 nitrogen and oxygen atoms in total. The first-order valence-electron chi connectivity index (χ1n) is 5.48. The van der Waals surface area contributed by atoms with E-state index in [9.17, 15) is 4.79 Å². The molecule has 2 heterocycles. The van der Waals surface area contributed by atoms with Crippen molar-refractivity contribution in [1.82, 2.24) is 9.78 Å². The van der Waals surface area contributed by atoms with Crippen LogP contribution in [0.15, 0.2) is 43.8 Å². The fraction of sp³-hybridized carbons (Fsp3) is 0.0769. The number of aromatic nitrogens is 2. The molecule has 0 radical (unpaired) electrons. The van der Waals surface area contributed by atoms with Gasteiger partial charge in [0.2, 0.25) is 5.78 Å². The average Bonchev–Trinajstić information content (AvgIpc) is 2.94. The zero-order chi connectivity index (χ0) is 13.6. The van der Waals surface area contributed by atoms with E-state index in [2.05, 4.69) is 37.0 Å². The van der Waals surface area contributed by atoms with Gasteiger partial charge in [-0.3, -0.25) is 9.48 Å². The molecule has 6 heteroatoms. The summed E-state index contributed by atoms with van der Waals surface area (Å²) in [5.74, 6) is 0.0983. The van der Waals surface area contributed by atoms with E-state index in [-0.39, 0.29) is 5.78 Å². The van der Waals surface area contributed by atoms with E-state index in [1.807, 2.05) is 18.2 Å². The summed E-state index contributed by atoms with van der Waals surface area (Å²) in [5.41, 5.74) is 1.14. The van der Waals surface area contributed by atoms with Crippen LogP contribution in [0.25, 0.3) is 11.0 Å². The Hall–Kier alpha value is -1.40. The van der Waals surface area contributed by atoms with Gasteiger partial charge in [0.05, 0.1) is 15.1 Å². The molecule has 0 unspecified atom stereocenters. The number of carbonyl (C=O) groups is 1. The van der Waals surface area contributed by atoms with Gasteiger partial charge in [-0.05, 0) is 44.0 Å². The molecule has 0 aliphatic carbocycles. The second-order valence-electron chi connectivity index (χ2n) is 4.06. The molecule has 0 bridgehead atoms. The number of carbonyl (C=O) groups excluding carboxylic acids is 1. The lowest BCUT2D eigenvalue weighted by Crippen LogP contribution is -2.07. The van der Waals surface area contributed by atoms with Crippen LogP contribution in [-0.2, 0) is 7.05 Å². The van der Waals surface area contributed by atoms with E-state index in [1.54, 1.807) is 19.3 Å². The predicted octanol–water partition coefficient (Wildman–Crippen LogP) is 3.92. The molecule has 2 aromatic heterocycles. The highest BCUT2D eigenvalue weighted by molar-refractivity contribution is 9.11. The Labute approximate surface area is 125 Å². The lowest BCUT2D eigenvalue weighted by molar-refractivity contribution is 0.100. The molecule has 0 amide bonds. The van der Waals surface area contributed by atoms with Gasteiger partial charge < -0.3 is 4.42 Å². The number of para-hydroxylation sites is 1. The highest BCUT2D eigenvalue weighted by Crippen LogP contribution is 2.29.